The Labute approximate surface area is 246 Å². The van der Waals surface area contributed by atoms with Crippen molar-refractivity contribution in [2.75, 3.05) is 31.9 Å². The Balaban J connectivity index is 1.49. The Morgan fingerprint density at radius 1 is 1.00 bits per heavy atom. The summed E-state index contributed by atoms with van der Waals surface area (Å²) < 4.78 is 76.2. The number of rotatable bonds is 7. The Kier molecular flexibility index (Phi) is 8.02. The van der Waals surface area contributed by atoms with Gasteiger partial charge in [0.15, 0.2) is 5.69 Å². The molecular weight excluding hydrogens is 583 g/mol. The predicted molar refractivity (Wildman–Crippen MR) is 156 cm³/mol. The number of anilines is 1. The van der Waals surface area contributed by atoms with E-state index >= 15 is 0 Å². The van der Waals surface area contributed by atoms with Gasteiger partial charge in [0.05, 0.1) is 19.1 Å². The van der Waals surface area contributed by atoms with Crippen LogP contribution in [0.1, 0.15) is 32.9 Å². The zero-order valence-corrected chi connectivity index (χ0v) is 24.4. The van der Waals surface area contributed by atoms with Gasteiger partial charge in [0.1, 0.15) is 17.3 Å². The van der Waals surface area contributed by atoms with E-state index in [1.54, 1.807) is 48.3 Å². The number of amidine groups is 1. The van der Waals surface area contributed by atoms with E-state index in [1.165, 1.54) is 24.1 Å². The van der Waals surface area contributed by atoms with Crippen LogP contribution in [0.15, 0.2) is 83.3 Å². The first kappa shape index (κ1) is 29.8. The number of hydrogen-bond acceptors (Lipinski definition) is 5. The average molecular weight is 612 g/mol. The van der Waals surface area contributed by atoms with Gasteiger partial charge >= 0.3 is 6.18 Å². The Morgan fingerprint density at radius 3 is 2.21 bits per heavy atom. The van der Waals surface area contributed by atoms with Gasteiger partial charge in [-0.05, 0) is 60.5 Å². The van der Waals surface area contributed by atoms with Crippen molar-refractivity contribution < 1.29 is 31.1 Å². The second-order valence-electron chi connectivity index (χ2n) is 10.0. The Hall–Kier alpha value is -4.65. The standard InChI is InChI=1S/C30H28F3N5O4S/c1-36(19-20-7-5-4-6-8-20)28(35-43(3,40)41)21-9-11-22(12-10-21)37-18-17-25-26(29(37)39)38(34-27(25)30(31,32)33)23-13-15-24(42-2)16-14-23/h4-16H,17-19H2,1-3H3/b35-28-. The fraction of sp³-hybridized carbons (Fsp3) is 0.233. The number of carbonyl (C=O) groups excluding carboxylic acids is 1. The molecule has 43 heavy (non-hydrogen) atoms. The van der Waals surface area contributed by atoms with Gasteiger partial charge < -0.3 is 14.5 Å². The van der Waals surface area contributed by atoms with Gasteiger partial charge in [0.25, 0.3) is 15.9 Å². The third-order valence-electron chi connectivity index (χ3n) is 6.92. The third kappa shape index (κ3) is 6.41. The van der Waals surface area contributed by atoms with E-state index in [4.69, 9.17) is 4.74 Å². The number of methoxy groups -OCH3 is 1. The number of amides is 1. The fourth-order valence-corrected chi connectivity index (χ4v) is 5.53. The summed E-state index contributed by atoms with van der Waals surface area (Å²) in [5.74, 6) is 0.0682. The number of carbonyl (C=O) groups is 1. The number of fused-ring (bicyclic) bond motifs is 1. The summed E-state index contributed by atoms with van der Waals surface area (Å²) in [5.41, 5.74) is 0.719. The molecule has 9 nitrogen and oxygen atoms in total. The molecule has 1 amide bonds. The first-order valence-electron chi connectivity index (χ1n) is 13.2. The van der Waals surface area contributed by atoms with Crippen molar-refractivity contribution in [1.29, 1.82) is 0 Å². The van der Waals surface area contributed by atoms with Crippen LogP contribution in [-0.4, -0.2) is 61.8 Å². The predicted octanol–water partition coefficient (Wildman–Crippen LogP) is 4.94. The van der Waals surface area contributed by atoms with Crippen LogP contribution in [0.2, 0.25) is 0 Å². The van der Waals surface area contributed by atoms with Crippen molar-refractivity contribution in [1.82, 2.24) is 14.7 Å². The summed E-state index contributed by atoms with van der Waals surface area (Å²) in [4.78, 5) is 16.8. The molecule has 0 bridgehead atoms. The summed E-state index contributed by atoms with van der Waals surface area (Å²) in [6.45, 7) is 0.391. The van der Waals surface area contributed by atoms with Gasteiger partial charge in [-0.25, -0.2) is 13.1 Å². The van der Waals surface area contributed by atoms with E-state index in [2.05, 4.69) is 9.50 Å². The Morgan fingerprint density at radius 2 is 1.63 bits per heavy atom. The molecular formula is C30H28F3N5O4S. The minimum atomic E-state index is -4.74. The molecule has 0 spiro atoms. The fourth-order valence-electron chi connectivity index (χ4n) is 4.97. The van der Waals surface area contributed by atoms with E-state index < -0.39 is 27.8 Å². The number of nitrogens with zero attached hydrogens (tertiary/aromatic N) is 5. The van der Waals surface area contributed by atoms with Gasteiger partial charge in [-0.1, -0.05) is 30.3 Å². The largest absolute Gasteiger partial charge is 0.497 e. The lowest BCUT2D eigenvalue weighted by molar-refractivity contribution is -0.141. The van der Waals surface area contributed by atoms with Crippen LogP contribution in [0.25, 0.3) is 5.69 Å². The molecule has 0 fully saturated rings. The van der Waals surface area contributed by atoms with Gasteiger partial charge in [-0.2, -0.15) is 18.3 Å². The molecule has 0 radical (unpaired) electrons. The third-order valence-corrected chi connectivity index (χ3v) is 7.42. The molecule has 0 N–H and O–H groups in total. The van der Waals surface area contributed by atoms with E-state index in [-0.39, 0.29) is 35.7 Å². The number of ether oxygens (including phenoxy) is 1. The normalized spacial score (nSPS) is 14.0. The van der Waals surface area contributed by atoms with Gasteiger partial charge in [-0.3, -0.25) is 4.79 Å². The summed E-state index contributed by atoms with van der Waals surface area (Å²) in [5, 5.41) is 3.82. The Bertz CT molecular complexity index is 1770. The monoisotopic (exact) mass is 611 g/mol. The maximum atomic E-state index is 13.9. The van der Waals surface area contributed by atoms with Crippen molar-refractivity contribution in [2.45, 2.75) is 19.1 Å². The zero-order chi connectivity index (χ0) is 30.9. The smallest absolute Gasteiger partial charge is 0.435 e. The number of aromatic nitrogens is 2. The van der Waals surface area contributed by atoms with E-state index in [9.17, 15) is 26.4 Å². The van der Waals surface area contributed by atoms with Crippen LogP contribution >= 0.6 is 0 Å². The highest BCUT2D eigenvalue weighted by molar-refractivity contribution is 7.89. The van der Waals surface area contributed by atoms with Crippen LogP contribution < -0.4 is 9.64 Å². The lowest BCUT2D eigenvalue weighted by Gasteiger charge is -2.28. The first-order valence-corrected chi connectivity index (χ1v) is 15.0. The van der Waals surface area contributed by atoms with Gasteiger partial charge in [-0.15, -0.1) is 4.40 Å². The van der Waals surface area contributed by atoms with Gasteiger partial charge in [0, 0.05) is 37.0 Å². The minimum absolute atomic E-state index is 0.000755. The molecule has 1 aliphatic rings. The molecule has 0 aliphatic carbocycles. The summed E-state index contributed by atoms with van der Waals surface area (Å²) in [6, 6.07) is 22.2. The maximum Gasteiger partial charge on any atom is 0.435 e. The highest BCUT2D eigenvalue weighted by Gasteiger charge is 2.43. The van der Waals surface area contributed by atoms with Crippen molar-refractivity contribution in [3.05, 3.63) is 107 Å². The second kappa shape index (κ2) is 11.6. The molecule has 0 saturated carbocycles. The molecule has 0 unspecified atom stereocenters. The molecule has 4 aromatic rings. The van der Waals surface area contributed by atoms with Crippen molar-refractivity contribution in [3.63, 3.8) is 0 Å². The number of hydrogen-bond donors (Lipinski definition) is 0. The van der Waals surface area contributed by atoms with E-state index in [1.807, 2.05) is 30.3 Å². The molecule has 1 aromatic heterocycles. The van der Waals surface area contributed by atoms with E-state index in [0.717, 1.165) is 16.5 Å². The first-order chi connectivity index (χ1) is 20.4. The van der Waals surface area contributed by atoms with Crippen LogP contribution in [-0.2, 0) is 29.2 Å². The van der Waals surface area contributed by atoms with Crippen LogP contribution in [0.5, 0.6) is 5.75 Å². The van der Waals surface area contributed by atoms with E-state index in [0.29, 0.717) is 23.5 Å². The number of halogens is 3. The quantitative estimate of drug-likeness (QED) is 0.217. The van der Waals surface area contributed by atoms with Crippen LogP contribution in [0.4, 0.5) is 18.9 Å². The number of benzene rings is 3. The summed E-state index contributed by atoms with van der Waals surface area (Å²) in [7, 11) is -0.565. The molecule has 3 aromatic carbocycles. The SMILES string of the molecule is COc1ccc(-n2nc(C(F)(F)F)c3c2C(=O)N(c2ccc(/C(=N/S(C)(=O)=O)N(C)Cc4ccccc4)cc2)CC3)cc1. The number of sulfonamides is 1. The maximum absolute atomic E-state index is 13.9. The molecule has 0 atom stereocenters. The lowest BCUT2D eigenvalue weighted by Crippen LogP contribution is -2.39. The van der Waals surface area contributed by atoms with Crippen molar-refractivity contribution in [3.8, 4) is 11.4 Å². The van der Waals surface area contributed by atoms with Crippen molar-refractivity contribution >= 4 is 27.5 Å². The topological polar surface area (TPSA) is 97.1 Å². The molecule has 2 heterocycles. The summed E-state index contributed by atoms with van der Waals surface area (Å²) >= 11 is 0. The molecule has 5 rings (SSSR count). The lowest BCUT2D eigenvalue weighted by atomic mass is 10.0. The van der Waals surface area contributed by atoms with Crippen LogP contribution in [0.3, 0.4) is 0 Å². The molecule has 224 valence electrons. The van der Waals surface area contributed by atoms with Gasteiger partial charge in [0.2, 0.25) is 0 Å². The molecule has 1 aliphatic heterocycles. The highest BCUT2D eigenvalue weighted by atomic mass is 32.2. The average Bonchev–Trinajstić information content (AvgIpc) is 3.38. The molecule has 0 saturated heterocycles. The zero-order valence-electron chi connectivity index (χ0n) is 23.5. The number of alkyl halides is 3. The minimum Gasteiger partial charge on any atom is -0.497 e. The second-order valence-corrected chi connectivity index (χ2v) is 11.7. The van der Waals surface area contributed by atoms with Crippen LogP contribution in [0, 0.1) is 0 Å². The summed E-state index contributed by atoms with van der Waals surface area (Å²) in [6.07, 6.45) is -3.80. The highest BCUT2D eigenvalue weighted by Crippen LogP contribution is 2.37. The van der Waals surface area contributed by atoms with Crippen molar-refractivity contribution in [2.24, 2.45) is 4.40 Å². The molecule has 13 heteroatoms.